The molecule has 3 rings (SSSR count). The van der Waals surface area contributed by atoms with Crippen LogP contribution in [0.5, 0.6) is 11.5 Å². The third kappa shape index (κ3) is 3.36. The van der Waals surface area contributed by atoms with Crippen molar-refractivity contribution in [3.05, 3.63) is 52.0 Å². The molecule has 1 atom stereocenters. The number of carbonyl (C=O) groups is 2. The van der Waals surface area contributed by atoms with Crippen molar-refractivity contribution >= 4 is 40.8 Å². The fraction of sp³-hybridized carbons (Fsp3) is 0.176. The SMILES string of the molecule is CN1C(=O)[C@H](NC(N)=O)Cc2ccc(Cl)c(Oc3ccccc3Cl)c21. The molecule has 0 bridgehead atoms. The van der Waals surface area contributed by atoms with Crippen LogP contribution in [0.4, 0.5) is 10.5 Å². The quantitative estimate of drug-likeness (QED) is 0.857. The zero-order chi connectivity index (χ0) is 18.1. The number of hydrogen-bond acceptors (Lipinski definition) is 3. The fourth-order valence-electron chi connectivity index (χ4n) is 2.79. The number of urea groups is 1. The van der Waals surface area contributed by atoms with Crippen LogP contribution in [0.1, 0.15) is 5.56 Å². The molecule has 0 aromatic heterocycles. The van der Waals surface area contributed by atoms with E-state index in [4.69, 9.17) is 33.7 Å². The van der Waals surface area contributed by atoms with Gasteiger partial charge in [0, 0.05) is 13.5 Å². The Hall–Kier alpha value is -2.44. The summed E-state index contributed by atoms with van der Waals surface area (Å²) in [4.78, 5) is 25.0. The third-order valence-corrected chi connectivity index (χ3v) is 4.53. The number of benzene rings is 2. The number of hydrogen-bond donors (Lipinski definition) is 2. The highest BCUT2D eigenvalue weighted by atomic mass is 35.5. The van der Waals surface area contributed by atoms with Gasteiger partial charge < -0.3 is 20.7 Å². The number of amides is 3. The molecule has 1 aliphatic heterocycles. The number of likely N-dealkylation sites (N-methyl/N-ethyl adjacent to an activating group) is 1. The normalized spacial score (nSPS) is 16.4. The van der Waals surface area contributed by atoms with E-state index < -0.39 is 12.1 Å². The summed E-state index contributed by atoms with van der Waals surface area (Å²) in [5.74, 6) is 0.455. The first-order valence-corrected chi connectivity index (χ1v) is 8.21. The molecule has 3 N–H and O–H groups in total. The highest BCUT2D eigenvalue weighted by Crippen LogP contribution is 2.44. The largest absolute Gasteiger partial charge is 0.452 e. The van der Waals surface area contributed by atoms with Crippen LogP contribution in [0.15, 0.2) is 36.4 Å². The molecule has 1 heterocycles. The van der Waals surface area contributed by atoms with E-state index in [1.54, 1.807) is 43.4 Å². The fourth-order valence-corrected chi connectivity index (χ4v) is 3.16. The van der Waals surface area contributed by atoms with Gasteiger partial charge in [0.05, 0.1) is 15.7 Å². The number of nitrogens with zero attached hydrogens (tertiary/aromatic N) is 1. The van der Waals surface area contributed by atoms with E-state index in [9.17, 15) is 9.59 Å². The van der Waals surface area contributed by atoms with E-state index in [2.05, 4.69) is 5.32 Å². The van der Waals surface area contributed by atoms with Gasteiger partial charge in [0.2, 0.25) is 5.91 Å². The van der Waals surface area contributed by atoms with Crippen LogP contribution in [0.3, 0.4) is 0 Å². The van der Waals surface area contributed by atoms with Crippen LogP contribution in [0.25, 0.3) is 0 Å². The number of halogens is 2. The molecule has 2 aromatic carbocycles. The average Bonchev–Trinajstić information content (AvgIpc) is 2.56. The molecule has 0 aliphatic carbocycles. The predicted molar refractivity (Wildman–Crippen MR) is 96.6 cm³/mol. The first kappa shape index (κ1) is 17.4. The molecule has 130 valence electrons. The van der Waals surface area contributed by atoms with E-state index in [-0.39, 0.29) is 12.3 Å². The van der Waals surface area contributed by atoms with Crippen LogP contribution < -0.4 is 20.7 Å². The molecule has 0 unspecified atom stereocenters. The topological polar surface area (TPSA) is 84.7 Å². The van der Waals surface area contributed by atoms with Crippen molar-refractivity contribution in [2.75, 3.05) is 11.9 Å². The number of fused-ring (bicyclic) bond motifs is 1. The third-order valence-electron chi connectivity index (χ3n) is 3.92. The van der Waals surface area contributed by atoms with Crippen molar-refractivity contribution in [3.63, 3.8) is 0 Å². The summed E-state index contributed by atoms with van der Waals surface area (Å²) in [6.45, 7) is 0. The maximum atomic E-state index is 12.5. The minimum absolute atomic E-state index is 0.289. The number of rotatable bonds is 3. The summed E-state index contributed by atoms with van der Waals surface area (Å²) < 4.78 is 5.90. The number of nitrogens with one attached hydrogen (secondary N) is 1. The van der Waals surface area contributed by atoms with Crippen molar-refractivity contribution in [2.24, 2.45) is 5.73 Å². The van der Waals surface area contributed by atoms with Crippen LogP contribution in [-0.4, -0.2) is 25.0 Å². The van der Waals surface area contributed by atoms with E-state index in [1.165, 1.54) is 4.90 Å². The zero-order valence-corrected chi connectivity index (χ0v) is 14.8. The predicted octanol–water partition coefficient (Wildman–Crippen LogP) is 3.34. The molecular formula is C17H15Cl2N3O3. The Balaban J connectivity index is 2.04. The lowest BCUT2D eigenvalue weighted by Gasteiger charge is -2.33. The zero-order valence-electron chi connectivity index (χ0n) is 13.3. The standard InChI is InChI=1S/C17H15Cl2N3O3/c1-22-14-9(8-12(16(22)23)21-17(20)24)6-7-11(19)15(14)25-13-5-3-2-4-10(13)18/h2-7,12H,8H2,1H3,(H3,20,21,24)/t12-/m1/s1. The molecule has 0 saturated carbocycles. The van der Waals surface area contributed by atoms with Crippen molar-refractivity contribution in [2.45, 2.75) is 12.5 Å². The lowest BCUT2D eigenvalue weighted by atomic mass is 9.97. The van der Waals surface area contributed by atoms with Gasteiger partial charge in [0.15, 0.2) is 5.75 Å². The summed E-state index contributed by atoms with van der Waals surface area (Å²) in [6.07, 6.45) is 0.289. The van der Waals surface area contributed by atoms with Gasteiger partial charge in [-0.15, -0.1) is 0 Å². The van der Waals surface area contributed by atoms with Crippen LogP contribution in [0.2, 0.25) is 10.0 Å². The molecule has 2 aromatic rings. The van der Waals surface area contributed by atoms with Gasteiger partial charge in [0.1, 0.15) is 11.8 Å². The van der Waals surface area contributed by atoms with Gasteiger partial charge in [-0.2, -0.15) is 0 Å². The Bertz CT molecular complexity index is 857. The maximum Gasteiger partial charge on any atom is 0.312 e. The van der Waals surface area contributed by atoms with E-state index in [0.29, 0.717) is 27.2 Å². The highest BCUT2D eigenvalue weighted by Gasteiger charge is 2.34. The minimum atomic E-state index is -0.753. The Kier molecular flexibility index (Phi) is 4.74. The molecule has 0 fully saturated rings. The minimum Gasteiger partial charge on any atom is -0.452 e. The summed E-state index contributed by atoms with van der Waals surface area (Å²) in [5, 5.41) is 3.22. The number of ether oxygens (including phenoxy) is 1. The van der Waals surface area contributed by atoms with Gasteiger partial charge in [-0.05, 0) is 23.8 Å². The average molecular weight is 380 g/mol. The molecule has 0 radical (unpaired) electrons. The van der Waals surface area contributed by atoms with Crippen molar-refractivity contribution in [1.29, 1.82) is 0 Å². The lowest BCUT2D eigenvalue weighted by molar-refractivity contribution is -0.120. The van der Waals surface area contributed by atoms with Gasteiger partial charge >= 0.3 is 6.03 Å². The van der Waals surface area contributed by atoms with Crippen molar-refractivity contribution in [1.82, 2.24) is 5.32 Å². The second-order valence-electron chi connectivity index (χ2n) is 5.58. The number of nitrogens with two attached hydrogens (primary N) is 1. The summed E-state index contributed by atoms with van der Waals surface area (Å²) in [7, 11) is 1.59. The smallest absolute Gasteiger partial charge is 0.312 e. The van der Waals surface area contributed by atoms with Crippen LogP contribution in [-0.2, 0) is 11.2 Å². The summed E-state index contributed by atoms with van der Waals surface area (Å²) >= 11 is 12.4. The highest BCUT2D eigenvalue weighted by molar-refractivity contribution is 6.33. The summed E-state index contributed by atoms with van der Waals surface area (Å²) in [6, 6.07) is 8.95. The maximum absolute atomic E-state index is 12.5. The first-order chi connectivity index (χ1) is 11.9. The number of anilines is 1. The van der Waals surface area contributed by atoms with E-state index >= 15 is 0 Å². The van der Waals surface area contributed by atoms with Gasteiger partial charge in [-0.1, -0.05) is 41.4 Å². The van der Waals surface area contributed by atoms with Crippen LogP contribution >= 0.6 is 23.2 Å². The summed E-state index contributed by atoms with van der Waals surface area (Å²) in [5.41, 5.74) is 6.48. The Morgan fingerprint density at radius 2 is 1.96 bits per heavy atom. The molecule has 6 nitrogen and oxygen atoms in total. The van der Waals surface area contributed by atoms with Crippen molar-refractivity contribution < 1.29 is 14.3 Å². The van der Waals surface area contributed by atoms with Gasteiger partial charge in [-0.25, -0.2) is 4.79 Å². The molecule has 0 saturated heterocycles. The molecule has 25 heavy (non-hydrogen) atoms. The molecule has 0 spiro atoms. The van der Waals surface area contributed by atoms with E-state index in [0.717, 1.165) is 5.56 Å². The second-order valence-corrected chi connectivity index (χ2v) is 6.39. The van der Waals surface area contributed by atoms with Gasteiger partial charge in [0.25, 0.3) is 0 Å². The molecule has 1 aliphatic rings. The Morgan fingerprint density at radius 3 is 2.64 bits per heavy atom. The Labute approximate surface area is 154 Å². The number of para-hydroxylation sites is 1. The van der Waals surface area contributed by atoms with Gasteiger partial charge in [-0.3, -0.25) is 4.79 Å². The number of primary amides is 1. The molecule has 3 amide bonds. The van der Waals surface area contributed by atoms with Crippen molar-refractivity contribution in [3.8, 4) is 11.5 Å². The molecular weight excluding hydrogens is 365 g/mol. The van der Waals surface area contributed by atoms with E-state index in [1.807, 2.05) is 0 Å². The lowest BCUT2D eigenvalue weighted by Crippen LogP contribution is -2.53. The second kappa shape index (κ2) is 6.82. The molecule has 8 heteroatoms. The Morgan fingerprint density at radius 1 is 1.24 bits per heavy atom. The monoisotopic (exact) mass is 379 g/mol. The first-order valence-electron chi connectivity index (χ1n) is 7.45. The van der Waals surface area contributed by atoms with Crippen LogP contribution in [0, 0.1) is 0 Å². The number of carbonyl (C=O) groups excluding carboxylic acids is 2.